The third-order valence-electron chi connectivity index (χ3n) is 4.70. The Kier molecular flexibility index (Phi) is 5.48. The van der Waals surface area contributed by atoms with Crippen LogP contribution in [0.15, 0.2) is 30.5 Å². The molecule has 0 atom stereocenters. The number of carbonyl (C=O) groups is 1. The Bertz CT molecular complexity index is 726. The first-order valence-electron chi connectivity index (χ1n) is 8.87. The molecule has 0 bridgehead atoms. The smallest absolute Gasteiger partial charge is 0.257 e. The summed E-state index contributed by atoms with van der Waals surface area (Å²) in [5.41, 5.74) is 2.59. The van der Waals surface area contributed by atoms with E-state index in [1.807, 2.05) is 37.1 Å². The van der Waals surface area contributed by atoms with Gasteiger partial charge in [0.25, 0.3) is 5.91 Å². The average molecular weight is 344 g/mol. The van der Waals surface area contributed by atoms with Crippen molar-refractivity contribution in [3.8, 4) is 0 Å². The van der Waals surface area contributed by atoms with E-state index in [4.69, 9.17) is 0 Å². The quantitative estimate of drug-likeness (QED) is 0.856. The second kappa shape index (κ2) is 7.78. The van der Waals surface area contributed by atoms with Gasteiger partial charge >= 0.3 is 0 Å². The molecular formula is C19H25FN4O. The largest absolute Gasteiger partial charge is 0.337 e. The number of nitrogens with zero attached hydrogens (tertiary/aromatic N) is 4. The zero-order chi connectivity index (χ0) is 17.8. The fourth-order valence-corrected chi connectivity index (χ4v) is 3.24. The number of rotatable bonds is 4. The maximum Gasteiger partial charge on any atom is 0.257 e. The minimum absolute atomic E-state index is 0.0702. The van der Waals surface area contributed by atoms with Crippen molar-refractivity contribution < 1.29 is 9.18 Å². The van der Waals surface area contributed by atoms with Gasteiger partial charge in [-0.05, 0) is 38.0 Å². The van der Waals surface area contributed by atoms with Crippen molar-refractivity contribution in [1.29, 1.82) is 0 Å². The number of hydrogen-bond acceptors (Lipinski definition) is 3. The number of halogens is 1. The third-order valence-corrected chi connectivity index (χ3v) is 4.70. The minimum atomic E-state index is -0.209. The molecule has 5 nitrogen and oxygen atoms in total. The van der Waals surface area contributed by atoms with Gasteiger partial charge in [-0.25, -0.2) is 4.39 Å². The molecule has 1 aromatic heterocycles. The van der Waals surface area contributed by atoms with E-state index >= 15 is 0 Å². The van der Waals surface area contributed by atoms with Crippen molar-refractivity contribution in [3.63, 3.8) is 0 Å². The molecule has 0 unspecified atom stereocenters. The summed E-state index contributed by atoms with van der Waals surface area (Å²) in [6.07, 6.45) is 2.78. The van der Waals surface area contributed by atoms with Crippen LogP contribution in [-0.4, -0.2) is 51.7 Å². The molecular weight excluding hydrogens is 319 g/mol. The second-order valence-electron chi connectivity index (χ2n) is 6.53. The van der Waals surface area contributed by atoms with Gasteiger partial charge in [-0.2, -0.15) is 5.10 Å². The lowest BCUT2D eigenvalue weighted by atomic mass is 10.2. The van der Waals surface area contributed by atoms with E-state index in [9.17, 15) is 9.18 Å². The van der Waals surface area contributed by atoms with E-state index in [1.165, 1.54) is 12.1 Å². The topological polar surface area (TPSA) is 41.4 Å². The summed E-state index contributed by atoms with van der Waals surface area (Å²) in [6.45, 7) is 8.68. The van der Waals surface area contributed by atoms with Gasteiger partial charge < -0.3 is 4.90 Å². The van der Waals surface area contributed by atoms with Crippen LogP contribution in [-0.2, 0) is 13.1 Å². The van der Waals surface area contributed by atoms with Gasteiger partial charge in [0.05, 0.1) is 11.3 Å². The number of benzene rings is 1. The maximum atomic E-state index is 13.0. The number of aromatic nitrogens is 2. The van der Waals surface area contributed by atoms with Gasteiger partial charge in [-0.1, -0.05) is 12.1 Å². The van der Waals surface area contributed by atoms with Crippen LogP contribution >= 0.6 is 0 Å². The van der Waals surface area contributed by atoms with Gasteiger partial charge in [-0.15, -0.1) is 0 Å². The van der Waals surface area contributed by atoms with Gasteiger partial charge in [0.1, 0.15) is 5.82 Å². The molecule has 3 rings (SSSR count). The third kappa shape index (κ3) is 4.25. The summed E-state index contributed by atoms with van der Waals surface area (Å²) in [7, 11) is 0. The molecule has 0 radical (unpaired) electrons. The van der Waals surface area contributed by atoms with Crippen molar-refractivity contribution >= 4 is 5.91 Å². The lowest BCUT2D eigenvalue weighted by Crippen LogP contribution is -2.35. The molecule has 1 aliphatic heterocycles. The van der Waals surface area contributed by atoms with Crippen LogP contribution < -0.4 is 0 Å². The van der Waals surface area contributed by atoms with Crippen LogP contribution in [0, 0.1) is 12.7 Å². The minimum Gasteiger partial charge on any atom is -0.337 e. The Morgan fingerprint density at radius 1 is 1.16 bits per heavy atom. The normalized spacial score (nSPS) is 16.0. The molecule has 2 heterocycles. The SMILES string of the molecule is CCn1cc(C(=O)N2CCCN(Cc3ccc(F)cc3)CC2)c(C)n1. The number of aryl methyl sites for hydroxylation is 2. The number of hydrogen-bond donors (Lipinski definition) is 0. The predicted molar refractivity (Wildman–Crippen MR) is 94.8 cm³/mol. The van der Waals surface area contributed by atoms with Crippen molar-refractivity contribution in [3.05, 3.63) is 53.1 Å². The molecule has 2 aromatic rings. The van der Waals surface area contributed by atoms with Gasteiger partial charge in [-0.3, -0.25) is 14.4 Å². The highest BCUT2D eigenvalue weighted by atomic mass is 19.1. The van der Waals surface area contributed by atoms with Crippen LogP contribution in [0.5, 0.6) is 0 Å². The fourth-order valence-electron chi connectivity index (χ4n) is 3.24. The summed E-state index contributed by atoms with van der Waals surface area (Å²) < 4.78 is 14.8. The Balaban J connectivity index is 1.61. The lowest BCUT2D eigenvalue weighted by Gasteiger charge is -2.22. The molecule has 0 aliphatic carbocycles. The molecule has 6 heteroatoms. The molecule has 134 valence electrons. The van der Waals surface area contributed by atoms with Crippen molar-refractivity contribution in [2.24, 2.45) is 0 Å². The first kappa shape index (κ1) is 17.6. The highest BCUT2D eigenvalue weighted by Gasteiger charge is 2.23. The maximum absolute atomic E-state index is 13.0. The van der Waals surface area contributed by atoms with Crippen molar-refractivity contribution in [2.45, 2.75) is 33.4 Å². The first-order chi connectivity index (χ1) is 12.1. The van der Waals surface area contributed by atoms with E-state index in [0.29, 0.717) is 12.1 Å². The molecule has 1 saturated heterocycles. The number of carbonyl (C=O) groups excluding carboxylic acids is 1. The van der Waals surface area contributed by atoms with Gasteiger partial charge in [0.15, 0.2) is 0 Å². The van der Waals surface area contributed by atoms with Crippen molar-refractivity contribution in [1.82, 2.24) is 19.6 Å². The molecule has 0 saturated carbocycles. The molecule has 1 aromatic carbocycles. The summed E-state index contributed by atoms with van der Waals surface area (Å²) in [5, 5.41) is 4.37. The monoisotopic (exact) mass is 344 g/mol. The zero-order valence-electron chi connectivity index (χ0n) is 14.9. The molecule has 1 aliphatic rings. The summed E-state index contributed by atoms with van der Waals surface area (Å²) >= 11 is 0. The summed E-state index contributed by atoms with van der Waals surface area (Å²) in [5.74, 6) is -0.139. The zero-order valence-corrected chi connectivity index (χ0v) is 14.9. The standard InChI is InChI=1S/C19H25FN4O/c1-3-24-14-18(15(2)21-24)19(25)23-10-4-9-22(11-12-23)13-16-5-7-17(20)8-6-16/h5-8,14H,3-4,9-13H2,1-2H3. The molecule has 25 heavy (non-hydrogen) atoms. The van der Waals surface area contributed by atoms with Crippen LogP contribution in [0.4, 0.5) is 4.39 Å². The Hall–Kier alpha value is -2.21. The lowest BCUT2D eigenvalue weighted by molar-refractivity contribution is 0.0760. The second-order valence-corrected chi connectivity index (χ2v) is 6.53. The van der Waals surface area contributed by atoms with E-state index in [2.05, 4.69) is 10.00 Å². The number of amides is 1. The molecule has 1 amide bonds. The van der Waals surface area contributed by atoms with E-state index < -0.39 is 0 Å². The van der Waals surface area contributed by atoms with Gasteiger partial charge in [0, 0.05) is 45.5 Å². The van der Waals surface area contributed by atoms with Crippen LogP contribution in [0.25, 0.3) is 0 Å². The van der Waals surface area contributed by atoms with E-state index in [1.54, 1.807) is 4.68 Å². The van der Waals surface area contributed by atoms with Gasteiger partial charge in [0.2, 0.25) is 0 Å². The fraction of sp³-hybridized carbons (Fsp3) is 0.474. The average Bonchev–Trinajstić information content (AvgIpc) is 2.84. The summed E-state index contributed by atoms with van der Waals surface area (Å²) in [6, 6.07) is 6.64. The van der Waals surface area contributed by atoms with E-state index in [-0.39, 0.29) is 11.7 Å². The van der Waals surface area contributed by atoms with Crippen LogP contribution in [0.3, 0.4) is 0 Å². The first-order valence-corrected chi connectivity index (χ1v) is 8.87. The van der Waals surface area contributed by atoms with Crippen molar-refractivity contribution in [2.75, 3.05) is 26.2 Å². The van der Waals surface area contributed by atoms with Crippen LogP contribution in [0.2, 0.25) is 0 Å². The summed E-state index contributed by atoms with van der Waals surface area (Å²) in [4.78, 5) is 17.1. The molecule has 1 fully saturated rings. The highest BCUT2D eigenvalue weighted by Crippen LogP contribution is 2.14. The highest BCUT2D eigenvalue weighted by molar-refractivity contribution is 5.95. The Morgan fingerprint density at radius 3 is 2.60 bits per heavy atom. The Labute approximate surface area is 148 Å². The molecule has 0 N–H and O–H groups in total. The molecule has 0 spiro atoms. The van der Waals surface area contributed by atoms with Crippen LogP contribution in [0.1, 0.15) is 35.0 Å². The van der Waals surface area contributed by atoms with E-state index in [0.717, 1.165) is 50.4 Å². The Morgan fingerprint density at radius 2 is 1.92 bits per heavy atom. The predicted octanol–water partition coefficient (Wildman–Crippen LogP) is 2.70.